The molecule has 0 bridgehead atoms. The molecule has 5 nitrogen and oxygen atoms in total. The molecule has 0 saturated heterocycles. The highest BCUT2D eigenvalue weighted by Crippen LogP contribution is 2.13. The fourth-order valence-corrected chi connectivity index (χ4v) is 1.34. The van der Waals surface area contributed by atoms with Crippen LogP contribution in [0.2, 0.25) is 0 Å². The van der Waals surface area contributed by atoms with E-state index in [1.807, 2.05) is 0 Å². The molecule has 0 spiro atoms. The van der Waals surface area contributed by atoms with E-state index in [2.05, 4.69) is 6.58 Å². The second-order valence-electron chi connectivity index (χ2n) is 3.76. The van der Waals surface area contributed by atoms with Crippen molar-refractivity contribution in [3.63, 3.8) is 0 Å². The topological polar surface area (TPSA) is 72.8 Å². The molecule has 0 aliphatic carbocycles. The van der Waals surface area contributed by atoms with E-state index in [0.29, 0.717) is 31.8 Å². The molecule has 19 heavy (non-hydrogen) atoms. The average Bonchev–Trinajstić information content (AvgIpc) is 2.42. The summed E-state index contributed by atoms with van der Waals surface area (Å²) < 4.78 is 10.2. The van der Waals surface area contributed by atoms with Crippen LogP contribution in [0.15, 0.2) is 36.9 Å². The number of esters is 1. The molecule has 0 aliphatic heterocycles. The average molecular weight is 264 g/mol. The quantitative estimate of drug-likeness (QED) is 0.443. The van der Waals surface area contributed by atoms with E-state index in [0.717, 1.165) is 6.08 Å². The third-order valence-electron chi connectivity index (χ3n) is 2.30. The molecule has 0 fully saturated rings. The Morgan fingerprint density at radius 2 is 2.00 bits per heavy atom. The molecule has 1 aromatic rings. The lowest BCUT2D eigenvalue weighted by molar-refractivity contribution is -0.137. The summed E-state index contributed by atoms with van der Waals surface area (Å²) >= 11 is 0. The minimum absolute atomic E-state index is 0.192. The van der Waals surface area contributed by atoms with Gasteiger partial charge in [-0.2, -0.15) is 0 Å². The molecule has 0 heterocycles. The van der Waals surface area contributed by atoms with Gasteiger partial charge >= 0.3 is 11.9 Å². The molecular formula is C14H16O5. The Balaban J connectivity index is 2.22. The molecule has 0 amide bonds. The number of carboxylic acids is 1. The molecule has 0 saturated carbocycles. The van der Waals surface area contributed by atoms with Crippen LogP contribution in [-0.2, 0) is 9.53 Å². The van der Waals surface area contributed by atoms with Crippen LogP contribution < -0.4 is 4.74 Å². The molecule has 1 aromatic carbocycles. The Bertz CT molecular complexity index is 453. The number of rotatable bonds is 8. The highest BCUT2D eigenvalue weighted by molar-refractivity contribution is 5.88. The summed E-state index contributed by atoms with van der Waals surface area (Å²) in [5.41, 5.74) is 0.192. The summed E-state index contributed by atoms with van der Waals surface area (Å²) in [7, 11) is 0. The summed E-state index contributed by atoms with van der Waals surface area (Å²) in [6, 6.07) is 6.30. The van der Waals surface area contributed by atoms with Crippen LogP contribution >= 0.6 is 0 Å². The van der Waals surface area contributed by atoms with Crippen molar-refractivity contribution in [2.75, 3.05) is 13.2 Å². The Morgan fingerprint density at radius 1 is 1.26 bits per heavy atom. The Morgan fingerprint density at radius 3 is 2.68 bits per heavy atom. The van der Waals surface area contributed by atoms with Crippen molar-refractivity contribution in [1.29, 1.82) is 0 Å². The van der Waals surface area contributed by atoms with Gasteiger partial charge in [-0.25, -0.2) is 9.59 Å². The second-order valence-corrected chi connectivity index (χ2v) is 3.76. The fraction of sp³-hybridized carbons (Fsp3) is 0.286. The van der Waals surface area contributed by atoms with Crippen molar-refractivity contribution in [1.82, 2.24) is 0 Å². The van der Waals surface area contributed by atoms with E-state index >= 15 is 0 Å². The summed E-state index contributed by atoms with van der Waals surface area (Å²) in [6.07, 6.45) is 2.51. The van der Waals surface area contributed by atoms with Crippen molar-refractivity contribution >= 4 is 11.9 Å². The molecule has 0 radical (unpaired) electrons. The van der Waals surface area contributed by atoms with Crippen LogP contribution in [0.25, 0.3) is 0 Å². The number of carbonyl (C=O) groups excluding carboxylic acids is 1. The summed E-state index contributed by atoms with van der Waals surface area (Å²) in [5.74, 6) is -0.903. The van der Waals surface area contributed by atoms with Crippen LogP contribution in [0.5, 0.6) is 5.75 Å². The smallest absolute Gasteiger partial charge is 0.335 e. The highest BCUT2D eigenvalue weighted by atomic mass is 16.5. The van der Waals surface area contributed by atoms with E-state index in [-0.39, 0.29) is 5.56 Å². The van der Waals surface area contributed by atoms with Crippen molar-refractivity contribution in [2.45, 2.75) is 12.8 Å². The largest absolute Gasteiger partial charge is 0.494 e. The third-order valence-corrected chi connectivity index (χ3v) is 2.30. The maximum atomic E-state index is 10.7. The normalized spacial score (nSPS) is 9.68. The van der Waals surface area contributed by atoms with Gasteiger partial charge in [0.05, 0.1) is 18.8 Å². The summed E-state index contributed by atoms with van der Waals surface area (Å²) in [4.78, 5) is 21.5. The van der Waals surface area contributed by atoms with Gasteiger partial charge in [0.25, 0.3) is 0 Å². The summed E-state index contributed by atoms with van der Waals surface area (Å²) in [6.45, 7) is 4.05. The number of benzene rings is 1. The van der Waals surface area contributed by atoms with Gasteiger partial charge in [-0.15, -0.1) is 0 Å². The predicted octanol–water partition coefficient (Wildman–Crippen LogP) is 2.27. The molecule has 1 rings (SSSR count). The van der Waals surface area contributed by atoms with Crippen LogP contribution in [0, 0.1) is 0 Å². The molecular weight excluding hydrogens is 248 g/mol. The minimum atomic E-state index is -0.984. The van der Waals surface area contributed by atoms with Crippen LogP contribution in [-0.4, -0.2) is 30.3 Å². The van der Waals surface area contributed by atoms with Crippen molar-refractivity contribution in [2.24, 2.45) is 0 Å². The first-order chi connectivity index (χ1) is 9.13. The number of aromatic carboxylic acids is 1. The van der Waals surface area contributed by atoms with Gasteiger partial charge in [0.2, 0.25) is 0 Å². The maximum absolute atomic E-state index is 10.7. The number of unbranched alkanes of at least 4 members (excludes halogenated alkanes) is 1. The molecule has 0 atom stereocenters. The third kappa shape index (κ3) is 5.72. The van der Waals surface area contributed by atoms with Gasteiger partial charge in [0.15, 0.2) is 0 Å². The Hall–Kier alpha value is -2.30. The molecule has 0 unspecified atom stereocenters. The van der Waals surface area contributed by atoms with Crippen molar-refractivity contribution in [3.05, 3.63) is 42.5 Å². The van der Waals surface area contributed by atoms with Crippen LogP contribution in [0.4, 0.5) is 0 Å². The van der Waals surface area contributed by atoms with E-state index in [1.54, 1.807) is 12.1 Å². The first-order valence-corrected chi connectivity index (χ1v) is 5.89. The van der Waals surface area contributed by atoms with Gasteiger partial charge in [0.1, 0.15) is 5.75 Å². The zero-order valence-electron chi connectivity index (χ0n) is 10.5. The van der Waals surface area contributed by atoms with Gasteiger partial charge in [-0.3, -0.25) is 0 Å². The molecule has 0 aliphatic rings. The fourth-order valence-electron chi connectivity index (χ4n) is 1.34. The number of ether oxygens (including phenoxy) is 2. The predicted molar refractivity (Wildman–Crippen MR) is 69.3 cm³/mol. The maximum Gasteiger partial charge on any atom is 0.335 e. The first-order valence-electron chi connectivity index (χ1n) is 5.89. The van der Waals surface area contributed by atoms with E-state index < -0.39 is 11.9 Å². The van der Waals surface area contributed by atoms with Gasteiger partial charge in [0, 0.05) is 6.08 Å². The second kappa shape index (κ2) is 7.92. The zero-order chi connectivity index (χ0) is 14.1. The molecule has 102 valence electrons. The molecule has 1 N–H and O–H groups in total. The number of hydrogen-bond donors (Lipinski definition) is 1. The standard InChI is InChI=1S/C14H16O5/c1-2-13(15)19-9-4-3-8-18-12-7-5-6-11(10-12)14(16)17/h2,5-7,10H,1,3-4,8-9H2,(H,16,17). The summed E-state index contributed by atoms with van der Waals surface area (Å²) in [5, 5.41) is 8.81. The van der Waals surface area contributed by atoms with Gasteiger partial charge in [-0.1, -0.05) is 12.6 Å². The lowest BCUT2D eigenvalue weighted by Crippen LogP contribution is -2.04. The van der Waals surface area contributed by atoms with Crippen molar-refractivity contribution in [3.8, 4) is 5.75 Å². The zero-order valence-corrected chi connectivity index (χ0v) is 10.5. The van der Waals surface area contributed by atoms with Crippen LogP contribution in [0.1, 0.15) is 23.2 Å². The van der Waals surface area contributed by atoms with E-state index in [1.165, 1.54) is 12.1 Å². The monoisotopic (exact) mass is 264 g/mol. The van der Waals surface area contributed by atoms with Crippen LogP contribution in [0.3, 0.4) is 0 Å². The lowest BCUT2D eigenvalue weighted by atomic mass is 10.2. The first kappa shape index (κ1) is 14.8. The lowest BCUT2D eigenvalue weighted by Gasteiger charge is -2.06. The van der Waals surface area contributed by atoms with E-state index in [4.69, 9.17) is 14.6 Å². The number of hydrogen-bond acceptors (Lipinski definition) is 4. The van der Waals surface area contributed by atoms with Gasteiger partial charge < -0.3 is 14.6 Å². The highest BCUT2D eigenvalue weighted by Gasteiger charge is 2.03. The Kier molecular flexibility index (Phi) is 6.15. The van der Waals surface area contributed by atoms with Gasteiger partial charge in [-0.05, 0) is 31.0 Å². The Labute approximate surface area is 111 Å². The molecule has 0 aromatic heterocycles. The van der Waals surface area contributed by atoms with E-state index in [9.17, 15) is 9.59 Å². The van der Waals surface area contributed by atoms with Crippen molar-refractivity contribution < 1.29 is 24.2 Å². The SMILES string of the molecule is C=CC(=O)OCCCCOc1cccc(C(=O)O)c1. The minimum Gasteiger partial charge on any atom is -0.494 e. The number of carboxylic acid groups (broad SMARTS) is 1. The number of carbonyl (C=O) groups is 2. The molecule has 5 heteroatoms.